The minimum Gasteiger partial charge on any atom is -0.477 e. The molecule has 2 aromatic carbocycles. The van der Waals surface area contributed by atoms with Crippen LogP contribution in [0, 0.1) is 6.57 Å². The van der Waals surface area contributed by atoms with Gasteiger partial charge in [-0.15, -0.1) is 0 Å². The number of rotatable bonds is 8. The molecule has 0 unspecified atom stereocenters. The Morgan fingerprint density at radius 1 is 0.979 bits per heavy atom. The number of urea groups is 1. The number of halogens is 2. The first-order chi connectivity index (χ1) is 22.3. The number of ether oxygens (including phenoxy) is 1. The number of amides is 2. The fraction of sp³-hybridized carbons (Fsp3) is 0.472. The molecule has 0 aliphatic carbocycles. The Morgan fingerprint density at radius 3 is 2.13 bits per heavy atom. The Bertz CT molecular complexity index is 1660. The molecule has 0 radical (unpaired) electrons. The maximum absolute atomic E-state index is 15.1. The third-order valence-electron chi connectivity index (χ3n) is 9.27. The van der Waals surface area contributed by atoms with E-state index in [-0.39, 0.29) is 11.4 Å². The molecule has 3 aromatic rings. The molecule has 2 aliphatic heterocycles. The highest BCUT2D eigenvalue weighted by atomic mass is 35.5. The van der Waals surface area contributed by atoms with Crippen LogP contribution in [0.2, 0.25) is 10.0 Å². The van der Waals surface area contributed by atoms with Crippen LogP contribution in [0.5, 0.6) is 5.88 Å². The van der Waals surface area contributed by atoms with Gasteiger partial charge in [-0.3, -0.25) is 14.8 Å². The summed E-state index contributed by atoms with van der Waals surface area (Å²) in [6, 6.07) is 15.1. The van der Waals surface area contributed by atoms with Gasteiger partial charge in [-0.25, -0.2) is 16.4 Å². The Kier molecular flexibility index (Phi) is 10.2. The van der Waals surface area contributed by atoms with Crippen LogP contribution >= 0.6 is 23.2 Å². The number of carbonyl (C=O) groups is 1. The van der Waals surface area contributed by atoms with E-state index in [0.29, 0.717) is 59.4 Å². The second kappa shape index (κ2) is 13.8. The van der Waals surface area contributed by atoms with E-state index in [9.17, 15) is 0 Å². The lowest BCUT2D eigenvalue weighted by Crippen LogP contribution is -2.60. The topological polar surface area (TPSA) is 78.5 Å². The number of hydrogen-bond acceptors (Lipinski definition) is 6. The maximum atomic E-state index is 15.1. The summed E-state index contributed by atoms with van der Waals surface area (Å²) in [6.45, 7) is 23.6. The SMILES string of the molecule is [C-]#[N+]CCCN1CCN(C(=O)N2C(c3cnc(C(C)(C)C)nc3OCC)=N[C@@](C)(c3ccc(Cl)cc3)[C@@]2(C)c2ccc(Cl)cc2)CC1. The number of carbonyl (C=O) groups excluding carboxylic acids is 1. The van der Waals surface area contributed by atoms with Crippen LogP contribution in [0.15, 0.2) is 59.7 Å². The summed E-state index contributed by atoms with van der Waals surface area (Å²) < 4.78 is 6.15. The molecule has 248 valence electrons. The Labute approximate surface area is 288 Å². The van der Waals surface area contributed by atoms with E-state index in [1.54, 1.807) is 6.20 Å². The summed E-state index contributed by atoms with van der Waals surface area (Å²) in [5.74, 6) is 1.46. The van der Waals surface area contributed by atoms with Crippen molar-refractivity contribution in [2.24, 2.45) is 4.99 Å². The molecular formula is C36H43Cl2N7O2. The summed E-state index contributed by atoms with van der Waals surface area (Å²) in [7, 11) is 0. The van der Waals surface area contributed by atoms with Crippen molar-refractivity contribution in [1.29, 1.82) is 0 Å². The first kappa shape index (κ1) is 34.6. The second-order valence-corrected chi connectivity index (χ2v) is 14.2. The summed E-state index contributed by atoms with van der Waals surface area (Å²) in [4.78, 5) is 39.7. The molecule has 1 aromatic heterocycles. The fourth-order valence-corrected chi connectivity index (χ4v) is 6.62. The van der Waals surface area contributed by atoms with Crippen LogP contribution in [-0.4, -0.2) is 82.4 Å². The van der Waals surface area contributed by atoms with Crippen molar-refractivity contribution < 1.29 is 9.53 Å². The van der Waals surface area contributed by atoms with E-state index in [1.165, 1.54) is 0 Å². The van der Waals surface area contributed by atoms with Gasteiger partial charge < -0.3 is 14.5 Å². The van der Waals surface area contributed by atoms with Crippen molar-refractivity contribution in [3.8, 4) is 5.88 Å². The summed E-state index contributed by atoms with van der Waals surface area (Å²) in [6.07, 6.45) is 2.56. The highest BCUT2D eigenvalue weighted by Gasteiger charge is 2.60. The number of nitrogens with zero attached hydrogens (tertiary/aromatic N) is 7. The molecule has 2 aliphatic rings. The molecular weight excluding hydrogens is 633 g/mol. The van der Waals surface area contributed by atoms with Gasteiger partial charge in [-0.05, 0) is 56.2 Å². The third kappa shape index (κ3) is 6.69. The number of amidine groups is 1. The van der Waals surface area contributed by atoms with Gasteiger partial charge in [0.25, 0.3) is 0 Å². The Morgan fingerprint density at radius 2 is 1.57 bits per heavy atom. The first-order valence-electron chi connectivity index (χ1n) is 16.1. The molecule has 0 bridgehead atoms. The van der Waals surface area contributed by atoms with Crippen LogP contribution in [0.4, 0.5) is 4.79 Å². The number of piperazine rings is 1. The van der Waals surface area contributed by atoms with Gasteiger partial charge in [0.1, 0.15) is 22.7 Å². The van der Waals surface area contributed by atoms with Gasteiger partial charge in [0.15, 0.2) is 0 Å². The average Bonchev–Trinajstić information content (AvgIpc) is 3.29. The lowest BCUT2D eigenvalue weighted by molar-refractivity contribution is 0.0867. The quantitative estimate of drug-likeness (QED) is 0.183. The van der Waals surface area contributed by atoms with E-state index in [4.69, 9.17) is 49.5 Å². The molecule has 47 heavy (non-hydrogen) atoms. The number of benzene rings is 2. The highest BCUT2D eigenvalue weighted by Crippen LogP contribution is 2.54. The van der Waals surface area contributed by atoms with Gasteiger partial charge in [0, 0.05) is 60.8 Å². The van der Waals surface area contributed by atoms with Crippen molar-refractivity contribution in [3.05, 3.63) is 98.7 Å². The van der Waals surface area contributed by atoms with E-state index in [0.717, 1.165) is 37.2 Å². The standard InChI is InChI=1S/C36H43Cl2N7O2/c1-8-47-31-29(24-40-32(41-31)34(2,3)4)30-42-35(5,25-10-14-27(37)15-11-25)36(6,26-12-16-28(38)17-13-26)45(30)33(46)44-22-20-43(21-23-44)19-9-18-39-7/h10-17,24H,8-9,18-23H2,1-6H3/t35-,36+/m0/s1. The zero-order chi connectivity index (χ0) is 34.0. The van der Waals surface area contributed by atoms with Crippen molar-refractivity contribution in [1.82, 2.24) is 24.7 Å². The molecule has 9 nitrogen and oxygen atoms in total. The predicted molar refractivity (Wildman–Crippen MR) is 187 cm³/mol. The summed E-state index contributed by atoms with van der Waals surface area (Å²) in [5.41, 5.74) is 0.00262. The number of aliphatic imine (C=N–C) groups is 1. The minimum atomic E-state index is -1.02. The summed E-state index contributed by atoms with van der Waals surface area (Å²) in [5, 5.41) is 1.21. The molecule has 2 atom stereocenters. The fourth-order valence-electron chi connectivity index (χ4n) is 6.37. The first-order valence-corrected chi connectivity index (χ1v) is 16.9. The molecule has 0 spiro atoms. The van der Waals surface area contributed by atoms with Gasteiger partial charge in [-0.1, -0.05) is 68.2 Å². The molecule has 0 N–H and O–H groups in total. The van der Waals surface area contributed by atoms with E-state index in [1.807, 2.05) is 65.3 Å². The molecule has 0 saturated carbocycles. The van der Waals surface area contributed by atoms with Crippen LogP contribution in [0.25, 0.3) is 4.85 Å². The molecule has 11 heteroatoms. The van der Waals surface area contributed by atoms with Crippen LogP contribution in [0.1, 0.15) is 70.5 Å². The largest absolute Gasteiger partial charge is 0.477 e. The molecule has 1 fully saturated rings. The minimum absolute atomic E-state index is 0.165. The van der Waals surface area contributed by atoms with Gasteiger partial charge in [0.2, 0.25) is 12.4 Å². The lowest BCUT2D eigenvalue weighted by Gasteiger charge is -2.47. The summed E-state index contributed by atoms with van der Waals surface area (Å²) >= 11 is 12.8. The third-order valence-corrected chi connectivity index (χ3v) is 9.78. The smallest absolute Gasteiger partial charge is 0.326 e. The van der Waals surface area contributed by atoms with E-state index >= 15 is 4.79 Å². The van der Waals surface area contributed by atoms with Gasteiger partial charge in [-0.2, -0.15) is 4.98 Å². The maximum Gasteiger partial charge on any atom is 0.326 e. The van der Waals surface area contributed by atoms with Crippen molar-refractivity contribution >= 4 is 35.1 Å². The van der Waals surface area contributed by atoms with Gasteiger partial charge in [0.05, 0.1) is 12.2 Å². The normalized spacial score (nSPS) is 21.8. The zero-order valence-electron chi connectivity index (χ0n) is 28.1. The Balaban J connectivity index is 1.69. The zero-order valence-corrected chi connectivity index (χ0v) is 29.6. The molecule has 3 heterocycles. The predicted octanol–water partition coefficient (Wildman–Crippen LogP) is 7.42. The molecule has 1 saturated heterocycles. The van der Waals surface area contributed by atoms with Gasteiger partial charge >= 0.3 is 6.03 Å². The van der Waals surface area contributed by atoms with Crippen molar-refractivity contribution in [2.45, 2.75) is 64.5 Å². The monoisotopic (exact) mass is 675 g/mol. The Hall–Kier alpha value is -3.71. The molecule has 2 amide bonds. The lowest BCUT2D eigenvalue weighted by atomic mass is 9.71. The van der Waals surface area contributed by atoms with Crippen LogP contribution in [-0.2, 0) is 16.5 Å². The average molecular weight is 677 g/mol. The van der Waals surface area contributed by atoms with E-state index < -0.39 is 11.1 Å². The second-order valence-electron chi connectivity index (χ2n) is 13.4. The van der Waals surface area contributed by atoms with Crippen molar-refractivity contribution in [2.75, 3.05) is 45.9 Å². The van der Waals surface area contributed by atoms with E-state index in [2.05, 4.69) is 44.4 Å². The highest BCUT2D eigenvalue weighted by molar-refractivity contribution is 6.30. The van der Waals surface area contributed by atoms with Crippen LogP contribution in [0.3, 0.4) is 0 Å². The van der Waals surface area contributed by atoms with Crippen molar-refractivity contribution in [3.63, 3.8) is 0 Å². The van der Waals surface area contributed by atoms with Crippen LogP contribution < -0.4 is 4.74 Å². The molecule has 5 rings (SSSR count). The number of aromatic nitrogens is 2. The number of hydrogen-bond donors (Lipinski definition) is 0.